The second kappa shape index (κ2) is 9.49. The third-order valence-electron chi connectivity index (χ3n) is 3.00. The van der Waals surface area contributed by atoms with Crippen molar-refractivity contribution in [2.75, 3.05) is 60.6 Å². The summed E-state index contributed by atoms with van der Waals surface area (Å²) >= 11 is 0. The van der Waals surface area contributed by atoms with Crippen molar-refractivity contribution >= 4 is 11.9 Å². The molecular weight excluding hydrogens is 276 g/mol. The van der Waals surface area contributed by atoms with Crippen molar-refractivity contribution in [2.24, 2.45) is 0 Å². The van der Waals surface area contributed by atoms with E-state index in [2.05, 4.69) is 14.5 Å². The van der Waals surface area contributed by atoms with Gasteiger partial charge in [0.2, 0.25) is 0 Å². The molecule has 1 aliphatic rings. The van der Waals surface area contributed by atoms with E-state index in [-0.39, 0.29) is 6.10 Å². The first kappa shape index (κ1) is 17.6. The lowest BCUT2D eigenvalue weighted by Gasteiger charge is -2.33. The molecule has 21 heavy (non-hydrogen) atoms. The fraction of sp³-hybridized carbons (Fsp3) is 0.714. The number of ether oxygens (including phenoxy) is 3. The number of hydrogen-bond acceptors (Lipinski definition) is 7. The van der Waals surface area contributed by atoms with E-state index in [1.165, 1.54) is 7.11 Å². The number of esters is 2. The first-order valence-corrected chi connectivity index (χ1v) is 6.92. The van der Waals surface area contributed by atoms with E-state index in [4.69, 9.17) is 9.47 Å². The summed E-state index contributed by atoms with van der Waals surface area (Å²) in [5.41, 5.74) is 0. The molecule has 1 unspecified atom stereocenters. The van der Waals surface area contributed by atoms with Crippen LogP contribution in [0.1, 0.15) is 0 Å². The Morgan fingerprint density at radius 1 is 1.33 bits per heavy atom. The summed E-state index contributed by atoms with van der Waals surface area (Å²) in [4.78, 5) is 26.5. The van der Waals surface area contributed by atoms with Crippen molar-refractivity contribution < 1.29 is 23.8 Å². The Hall–Kier alpha value is -1.44. The number of carbonyl (C=O) groups excluding carboxylic acids is 2. The van der Waals surface area contributed by atoms with Gasteiger partial charge in [0.05, 0.1) is 19.8 Å². The molecule has 1 rings (SSSR count). The zero-order valence-electron chi connectivity index (χ0n) is 12.9. The van der Waals surface area contributed by atoms with Gasteiger partial charge in [-0.25, -0.2) is 9.59 Å². The van der Waals surface area contributed by atoms with E-state index in [9.17, 15) is 9.59 Å². The number of methoxy groups -OCH3 is 1. The quantitative estimate of drug-likeness (QED) is 0.465. The van der Waals surface area contributed by atoms with Gasteiger partial charge in [-0.2, -0.15) is 0 Å². The summed E-state index contributed by atoms with van der Waals surface area (Å²) in [5.74, 6) is -1.12. The highest BCUT2D eigenvalue weighted by molar-refractivity contribution is 5.91. The number of rotatable bonds is 7. The largest absolute Gasteiger partial charge is 0.466 e. The molecular formula is C14H24N2O5. The number of morpholine rings is 1. The molecule has 0 bridgehead atoms. The van der Waals surface area contributed by atoms with Crippen LogP contribution in [0.25, 0.3) is 0 Å². The smallest absolute Gasteiger partial charge is 0.331 e. The molecule has 0 aromatic carbocycles. The second-order valence-corrected chi connectivity index (χ2v) is 5.08. The van der Waals surface area contributed by atoms with Gasteiger partial charge in [0.25, 0.3) is 0 Å². The normalized spacial score (nSPS) is 19.9. The van der Waals surface area contributed by atoms with Crippen LogP contribution in [0.2, 0.25) is 0 Å². The van der Waals surface area contributed by atoms with E-state index in [0.717, 1.165) is 31.8 Å². The predicted octanol–water partition coefficient (Wildman–Crippen LogP) is -0.479. The molecule has 1 fully saturated rings. The molecule has 120 valence electrons. The minimum absolute atomic E-state index is 0.184. The Morgan fingerprint density at radius 3 is 2.71 bits per heavy atom. The molecule has 0 aromatic rings. The third-order valence-corrected chi connectivity index (χ3v) is 3.00. The molecule has 7 nitrogen and oxygen atoms in total. The Morgan fingerprint density at radius 2 is 2.05 bits per heavy atom. The van der Waals surface area contributed by atoms with Gasteiger partial charge in [-0.05, 0) is 14.1 Å². The van der Waals surface area contributed by atoms with Crippen LogP contribution in [0.5, 0.6) is 0 Å². The molecule has 1 saturated heterocycles. The summed E-state index contributed by atoms with van der Waals surface area (Å²) in [6, 6.07) is 0. The topological polar surface area (TPSA) is 68.3 Å². The van der Waals surface area contributed by atoms with Crippen molar-refractivity contribution in [2.45, 2.75) is 6.10 Å². The molecule has 0 radical (unpaired) electrons. The average molecular weight is 300 g/mol. The van der Waals surface area contributed by atoms with Gasteiger partial charge in [0.15, 0.2) is 0 Å². The van der Waals surface area contributed by atoms with Crippen LogP contribution >= 0.6 is 0 Å². The third kappa shape index (κ3) is 7.79. The van der Waals surface area contributed by atoms with Gasteiger partial charge in [-0.1, -0.05) is 0 Å². The number of hydrogen-bond donors (Lipinski definition) is 0. The summed E-state index contributed by atoms with van der Waals surface area (Å²) in [6.07, 6.45) is 2.30. The van der Waals surface area contributed by atoms with Crippen molar-refractivity contribution in [3.8, 4) is 0 Å². The van der Waals surface area contributed by atoms with Crippen molar-refractivity contribution in [1.82, 2.24) is 9.80 Å². The molecule has 0 N–H and O–H groups in total. The maximum Gasteiger partial charge on any atom is 0.331 e. The molecule has 0 amide bonds. The Labute approximate surface area is 125 Å². The molecule has 0 aromatic heterocycles. The van der Waals surface area contributed by atoms with Crippen LogP contribution in [0.15, 0.2) is 12.2 Å². The molecule has 1 aliphatic heterocycles. The summed E-state index contributed by atoms with van der Waals surface area (Å²) in [5, 5.41) is 0. The predicted molar refractivity (Wildman–Crippen MR) is 76.8 cm³/mol. The zero-order valence-corrected chi connectivity index (χ0v) is 12.9. The van der Waals surface area contributed by atoms with Crippen LogP contribution < -0.4 is 0 Å². The molecule has 0 spiro atoms. The highest BCUT2D eigenvalue weighted by Crippen LogP contribution is 2.05. The van der Waals surface area contributed by atoms with E-state index < -0.39 is 11.9 Å². The average Bonchev–Trinajstić information content (AvgIpc) is 2.44. The van der Waals surface area contributed by atoms with Gasteiger partial charge < -0.3 is 19.1 Å². The highest BCUT2D eigenvalue weighted by atomic mass is 16.5. The SMILES string of the molecule is COC(=O)C=CC(=O)OCCN1CCOC(CN(C)C)C1. The van der Waals surface area contributed by atoms with Gasteiger partial charge in [-0.3, -0.25) is 4.90 Å². The monoisotopic (exact) mass is 300 g/mol. The fourth-order valence-electron chi connectivity index (χ4n) is 2.03. The van der Waals surface area contributed by atoms with Gasteiger partial charge >= 0.3 is 11.9 Å². The summed E-state index contributed by atoms with van der Waals surface area (Å²) < 4.78 is 15.1. The van der Waals surface area contributed by atoms with E-state index in [1.54, 1.807) is 0 Å². The van der Waals surface area contributed by atoms with E-state index in [1.807, 2.05) is 14.1 Å². The van der Waals surface area contributed by atoms with Crippen molar-refractivity contribution in [1.29, 1.82) is 0 Å². The molecule has 7 heteroatoms. The standard InChI is InChI=1S/C14H24N2O5/c1-15(2)10-12-11-16(6-8-20-12)7-9-21-14(18)5-4-13(17)19-3/h4-5,12H,6-11H2,1-3H3. The van der Waals surface area contributed by atoms with Crippen molar-refractivity contribution in [3.63, 3.8) is 0 Å². The summed E-state index contributed by atoms with van der Waals surface area (Å²) in [7, 11) is 5.27. The van der Waals surface area contributed by atoms with Gasteiger partial charge in [0.1, 0.15) is 6.61 Å². The molecule has 1 atom stereocenters. The molecule has 0 aliphatic carbocycles. The van der Waals surface area contributed by atoms with Gasteiger partial charge in [0, 0.05) is 38.3 Å². The number of likely N-dealkylation sites (N-methyl/N-ethyl adjacent to an activating group) is 1. The fourth-order valence-corrected chi connectivity index (χ4v) is 2.03. The Kier molecular flexibility index (Phi) is 7.96. The van der Waals surface area contributed by atoms with E-state index >= 15 is 0 Å². The minimum atomic E-state index is -0.577. The van der Waals surface area contributed by atoms with Gasteiger partial charge in [-0.15, -0.1) is 0 Å². The van der Waals surface area contributed by atoms with Crippen LogP contribution in [0, 0.1) is 0 Å². The Bertz CT molecular complexity index is 370. The lowest BCUT2D eigenvalue weighted by molar-refractivity contribution is -0.140. The minimum Gasteiger partial charge on any atom is -0.466 e. The van der Waals surface area contributed by atoms with Crippen LogP contribution in [-0.2, 0) is 23.8 Å². The highest BCUT2D eigenvalue weighted by Gasteiger charge is 2.20. The Balaban J connectivity index is 2.21. The van der Waals surface area contributed by atoms with Crippen LogP contribution in [0.3, 0.4) is 0 Å². The molecule has 0 saturated carbocycles. The van der Waals surface area contributed by atoms with Crippen molar-refractivity contribution in [3.05, 3.63) is 12.2 Å². The first-order valence-electron chi connectivity index (χ1n) is 6.92. The number of nitrogens with zero attached hydrogens (tertiary/aromatic N) is 2. The lowest BCUT2D eigenvalue weighted by atomic mass is 10.2. The zero-order chi connectivity index (χ0) is 15.7. The summed E-state index contributed by atoms with van der Waals surface area (Å²) in [6.45, 7) is 4.17. The van der Waals surface area contributed by atoms with E-state index in [0.29, 0.717) is 19.8 Å². The maximum absolute atomic E-state index is 11.3. The lowest BCUT2D eigenvalue weighted by Crippen LogP contribution is -2.47. The molecule has 1 heterocycles. The van der Waals surface area contributed by atoms with Crippen LogP contribution in [-0.4, -0.2) is 88.4 Å². The maximum atomic E-state index is 11.3. The second-order valence-electron chi connectivity index (χ2n) is 5.08. The number of carbonyl (C=O) groups is 2. The first-order chi connectivity index (χ1) is 10.0. The van der Waals surface area contributed by atoms with Crippen LogP contribution in [0.4, 0.5) is 0 Å².